The first-order valence-electron chi connectivity index (χ1n) is 7.35. The van der Waals surface area contributed by atoms with E-state index < -0.39 is 4.92 Å². The highest BCUT2D eigenvalue weighted by molar-refractivity contribution is 6.13. The zero-order chi connectivity index (χ0) is 16.5. The number of non-ortho nitro benzene ring substituents is 1. The summed E-state index contributed by atoms with van der Waals surface area (Å²) in [5, 5.41) is 22.5. The van der Waals surface area contributed by atoms with Gasteiger partial charge in [-0.1, -0.05) is 42.5 Å². The summed E-state index contributed by atoms with van der Waals surface area (Å²) in [6, 6.07) is 16.1. The third-order valence-corrected chi connectivity index (χ3v) is 3.81. The maximum absolute atomic E-state index is 10.7. The van der Waals surface area contributed by atoms with Crippen molar-refractivity contribution in [2.24, 2.45) is 4.99 Å². The van der Waals surface area contributed by atoms with Crippen LogP contribution in [-0.4, -0.2) is 30.8 Å². The van der Waals surface area contributed by atoms with Crippen molar-refractivity contribution >= 4 is 11.4 Å². The van der Waals surface area contributed by atoms with Crippen molar-refractivity contribution in [3.63, 3.8) is 0 Å². The fraction of sp³-hybridized carbons (Fsp3) is 0.125. The lowest BCUT2D eigenvalue weighted by Crippen LogP contribution is -2.09. The van der Waals surface area contributed by atoms with Crippen LogP contribution in [0.5, 0.6) is 0 Å². The lowest BCUT2D eigenvalue weighted by atomic mass is 10.1. The van der Waals surface area contributed by atoms with Gasteiger partial charge in [0.15, 0.2) is 11.9 Å². The molecule has 1 aromatic heterocycles. The fourth-order valence-corrected chi connectivity index (χ4v) is 2.54. The van der Waals surface area contributed by atoms with Crippen LogP contribution in [0.25, 0.3) is 0 Å². The quantitative estimate of drug-likeness (QED) is 0.530. The van der Waals surface area contributed by atoms with Crippen LogP contribution in [0.15, 0.2) is 59.6 Å². The molecule has 1 aliphatic rings. The Hall–Kier alpha value is -3.42. The zero-order valence-electron chi connectivity index (χ0n) is 12.5. The molecule has 0 radical (unpaired) electrons. The molecule has 1 atom stereocenters. The highest BCUT2D eigenvalue weighted by Crippen LogP contribution is 2.33. The van der Waals surface area contributed by atoms with Crippen molar-refractivity contribution in [3.05, 3.63) is 81.7 Å². The number of benzene rings is 2. The number of aliphatic imine (C=N–C) groups is 1. The van der Waals surface area contributed by atoms with Crippen LogP contribution in [0.3, 0.4) is 0 Å². The number of nitro groups is 1. The molecule has 2 aromatic carbocycles. The van der Waals surface area contributed by atoms with Gasteiger partial charge >= 0.3 is 0 Å². The summed E-state index contributed by atoms with van der Waals surface area (Å²) in [6.07, 6.45) is 0. The van der Waals surface area contributed by atoms with Gasteiger partial charge in [0.05, 0.1) is 17.2 Å². The molecule has 0 fully saturated rings. The van der Waals surface area contributed by atoms with E-state index in [1.54, 1.807) is 16.8 Å². The first-order valence-corrected chi connectivity index (χ1v) is 7.35. The van der Waals surface area contributed by atoms with Gasteiger partial charge in [0, 0.05) is 12.1 Å². The Bertz CT molecular complexity index is 917. The molecule has 0 spiro atoms. The molecule has 0 aliphatic carbocycles. The van der Waals surface area contributed by atoms with E-state index in [0.29, 0.717) is 12.4 Å². The number of rotatable bonds is 5. The molecule has 0 unspecified atom stereocenters. The zero-order valence-corrected chi connectivity index (χ0v) is 12.5. The summed E-state index contributed by atoms with van der Waals surface area (Å²) in [6.45, 7) is 0.439. The average molecular weight is 320 g/mol. The molecule has 8 heteroatoms. The summed E-state index contributed by atoms with van der Waals surface area (Å²) < 4.78 is 1.67. The molecular weight excluding hydrogens is 308 g/mol. The van der Waals surface area contributed by atoms with Crippen LogP contribution >= 0.6 is 0 Å². The SMILES string of the molecule is O=[N+]([O-])c1ccc(Cn2nnnc2[C@@H]2N=C2c2ccccc2)cc1. The summed E-state index contributed by atoms with van der Waals surface area (Å²) in [7, 11) is 0. The van der Waals surface area contributed by atoms with E-state index in [1.165, 1.54) is 12.1 Å². The minimum Gasteiger partial charge on any atom is -0.268 e. The summed E-state index contributed by atoms with van der Waals surface area (Å²) >= 11 is 0. The third kappa shape index (κ3) is 2.65. The smallest absolute Gasteiger partial charge is 0.268 e. The van der Waals surface area contributed by atoms with E-state index in [4.69, 9.17) is 0 Å². The molecule has 4 rings (SSSR count). The Balaban J connectivity index is 1.51. The number of nitrogens with zero attached hydrogens (tertiary/aromatic N) is 6. The Morgan fingerprint density at radius 1 is 1.08 bits per heavy atom. The second-order valence-electron chi connectivity index (χ2n) is 5.40. The lowest BCUT2D eigenvalue weighted by molar-refractivity contribution is -0.384. The second-order valence-corrected chi connectivity index (χ2v) is 5.40. The molecule has 24 heavy (non-hydrogen) atoms. The first kappa shape index (κ1) is 14.2. The van der Waals surface area contributed by atoms with Gasteiger partial charge in [-0.25, -0.2) is 4.68 Å². The van der Waals surface area contributed by atoms with Gasteiger partial charge < -0.3 is 0 Å². The van der Waals surface area contributed by atoms with Gasteiger partial charge in [0.25, 0.3) is 5.69 Å². The Morgan fingerprint density at radius 2 is 1.83 bits per heavy atom. The summed E-state index contributed by atoms with van der Waals surface area (Å²) in [5.41, 5.74) is 2.98. The van der Waals surface area contributed by atoms with E-state index in [-0.39, 0.29) is 11.7 Å². The van der Waals surface area contributed by atoms with Gasteiger partial charge in [0.1, 0.15) is 0 Å². The Kier molecular flexibility index (Phi) is 3.34. The summed E-state index contributed by atoms with van der Waals surface area (Å²) in [4.78, 5) is 14.8. The van der Waals surface area contributed by atoms with Gasteiger partial charge in [-0.2, -0.15) is 0 Å². The van der Waals surface area contributed by atoms with Crippen molar-refractivity contribution in [2.75, 3.05) is 0 Å². The van der Waals surface area contributed by atoms with Crippen LogP contribution in [0, 0.1) is 10.1 Å². The molecule has 3 aromatic rings. The van der Waals surface area contributed by atoms with E-state index in [9.17, 15) is 10.1 Å². The minimum absolute atomic E-state index is 0.0626. The lowest BCUT2D eigenvalue weighted by Gasteiger charge is -2.04. The average Bonchev–Trinajstić information content (AvgIpc) is 3.28. The summed E-state index contributed by atoms with van der Waals surface area (Å²) in [5.74, 6) is 0.673. The third-order valence-electron chi connectivity index (χ3n) is 3.81. The van der Waals surface area contributed by atoms with E-state index in [1.807, 2.05) is 30.3 Å². The largest absolute Gasteiger partial charge is 0.269 e. The number of hydrogen-bond donors (Lipinski definition) is 0. The van der Waals surface area contributed by atoms with Crippen molar-refractivity contribution in [3.8, 4) is 0 Å². The fourth-order valence-electron chi connectivity index (χ4n) is 2.54. The molecule has 2 heterocycles. The van der Waals surface area contributed by atoms with Gasteiger partial charge in [-0.3, -0.25) is 15.1 Å². The maximum atomic E-state index is 10.7. The molecule has 8 nitrogen and oxygen atoms in total. The van der Waals surface area contributed by atoms with E-state index >= 15 is 0 Å². The molecule has 118 valence electrons. The molecule has 0 saturated heterocycles. The Morgan fingerprint density at radius 3 is 2.54 bits per heavy atom. The van der Waals surface area contributed by atoms with Gasteiger partial charge in [0.2, 0.25) is 0 Å². The number of aromatic nitrogens is 4. The first-order chi connectivity index (χ1) is 11.7. The Labute approximate surface area is 136 Å². The van der Waals surface area contributed by atoms with E-state index in [2.05, 4.69) is 20.5 Å². The highest BCUT2D eigenvalue weighted by Gasteiger charge is 2.35. The number of tetrazole rings is 1. The van der Waals surface area contributed by atoms with Crippen molar-refractivity contribution in [1.29, 1.82) is 0 Å². The highest BCUT2D eigenvalue weighted by atomic mass is 16.6. The predicted octanol–water partition coefficient (Wildman–Crippen LogP) is 2.17. The molecular formula is C16H12N6O2. The topological polar surface area (TPSA) is 99.1 Å². The normalized spacial score (nSPS) is 15.8. The van der Waals surface area contributed by atoms with Gasteiger partial charge in [-0.05, 0) is 21.6 Å². The number of nitro benzene ring substituents is 1. The molecule has 0 saturated carbocycles. The minimum atomic E-state index is -0.420. The van der Waals surface area contributed by atoms with E-state index in [0.717, 1.165) is 16.8 Å². The standard InChI is InChI=1S/C16H12N6O2/c23-22(24)13-8-6-11(7-9-13)10-21-16(18-19-20-21)15-14(17-15)12-4-2-1-3-5-12/h1-9,15H,10H2/t15-/m1/s1. The molecule has 0 bridgehead atoms. The van der Waals surface area contributed by atoms with Gasteiger partial charge in [-0.15, -0.1) is 5.10 Å². The van der Waals surface area contributed by atoms with Crippen molar-refractivity contribution in [2.45, 2.75) is 12.6 Å². The van der Waals surface area contributed by atoms with Crippen LogP contribution in [0.4, 0.5) is 5.69 Å². The monoisotopic (exact) mass is 320 g/mol. The van der Waals surface area contributed by atoms with Crippen molar-refractivity contribution < 1.29 is 4.92 Å². The van der Waals surface area contributed by atoms with Crippen LogP contribution in [0.1, 0.15) is 23.0 Å². The predicted molar refractivity (Wildman–Crippen MR) is 85.7 cm³/mol. The maximum Gasteiger partial charge on any atom is 0.269 e. The molecule has 1 aliphatic heterocycles. The van der Waals surface area contributed by atoms with Crippen LogP contribution in [0.2, 0.25) is 0 Å². The van der Waals surface area contributed by atoms with Crippen molar-refractivity contribution in [1.82, 2.24) is 20.2 Å². The van der Waals surface area contributed by atoms with Crippen LogP contribution < -0.4 is 0 Å². The second kappa shape index (κ2) is 5.65. The molecule has 0 N–H and O–H groups in total. The molecule has 0 amide bonds. The van der Waals surface area contributed by atoms with Crippen LogP contribution in [-0.2, 0) is 6.54 Å². The number of hydrogen-bond acceptors (Lipinski definition) is 6.